The highest BCUT2D eigenvalue weighted by atomic mass is 79.9. The number of nitrogens with zero attached hydrogens (tertiary/aromatic N) is 2. The quantitative estimate of drug-likeness (QED) is 0.733. The molecule has 0 amide bonds. The number of ether oxygens (including phenoxy) is 1. The third-order valence-electron chi connectivity index (χ3n) is 1.98. The fraction of sp³-hybridized carbons (Fsp3) is 0.200. The molecule has 0 aliphatic carbocycles. The third kappa shape index (κ3) is 1.57. The van der Waals surface area contributed by atoms with Crippen LogP contribution in [0.15, 0.2) is 22.9 Å². The van der Waals surface area contributed by atoms with Gasteiger partial charge in [0.05, 0.1) is 18.0 Å². The van der Waals surface area contributed by atoms with Gasteiger partial charge in [0.1, 0.15) is 0 Å². The fourth-order valence-electron chi connectivity index (χ4n) is 1.34. The Morgan fingerprint density at radius 2 is 2.07 bits per heavy atom. The van der Waals surface area contributed by atoms with Crippen molar-refractivity contribution in [2.75, 3.05) is 7.11 Å². The molecule has 1 heterocycles. The van der Waals surface area contributed by atoms with Crippen LogP contribution < -0.4 is 4.74 Å². The molecule has 2 rings (SSSR count). The first-order chi connectivity index (χ1) is 6.70. The zero-order chi connectivity index (χ0) is 10.1. The van der Waals surface area contributed by atoms with Gasteiger partial charge < -0.3 is 4.74 Å². The largest absolute Gasteiger partial charge is 0.480 e. The number of halogens is 1. The van der Waals surface area contributed by atoms with Crippen molar-refractivity contribution in [3.05, 3.63) is 28.5 Å². The molecule has 4 heteroatoms. The van der Waals surface area contributed by atoms with Gasteiger partial charge in [0.15, 0.2) is 0 Å². The average Bonchev–Trinajstić information content (AvgIpc) is 2.15. The lowest BCUT2D eigenvalue weighted by Crippen LogP contribution is -1.93. The van der Waals surface area contributed by atoms with Gasteiger partial charge >= 0.3 is 0 Å². The van der Waals surface area contributed by atoms with E-state index in [1.807, 2.05) is 25.1 Å². The van der Waals surface area contributed by atoms with Gasteiger partial charge in [-0.3, -0.25) is 0 Å². The molecule has 0 aliphatic rings. The van der Waals surface area contributed by atoms with E-state index in [1.54, 1.807) is 7.11 Å². The zero-order valence-electron chi connectivity index (χ0n) is 7.91. The van der Waals surface area contributed by atoms with Gasteiger partial charge in [-0.25, -0.2) is 4.98 Å². The highest BCUT2D eigenvalue weighted by Gasteiger charge is 2.05. The standard InChI is InChI=1S/C10H9BrN2O/c1-6-3-4-7-8(5-6)12-10(11)13-9(7)14-2/h3-5H,1-2H3. The van der Waals surface area contributed by atoms with E-state index in [0.29, 0.717) is 10.6 Å². The molecular formula is C10H9BrN2O. The zero-order valence-corrected chi connectivity index (χ0v) is 9.50. The Labute approximate surface area is 90.3 Å². The summed E-state index contributed by atoms with van der Waals surface area (Å²) in [6.07, 6.45) is 0. The molecule has 0 aliphatic heterocycles. The Kier molecular flexibility index (Phi) is 2.37. The summed E-state index contributed by atoms with van der Waals surface area (Å²) in [6.45, 7) is 2.03. The van der Waals surface area contributed by atoms with Gasteiger partial charge in [-0.05, 0) is 40.5 Å². The molecule has 2 aromatic rings. The predicted molar refractivity (Wildman–Crippen MR) is 58.5 cm³/mol. The van der Waals surface area contributed by atoms with Crippen LogP contribution >= 0.6 is 15.9 Å². The first-order valence-corrected chi connectivity index (χ1v) is 4.98. The molecule has 0 unspecified atom stereocenters. The molecule has 0 saturated carbocycles. The van der Waals surface area contributed by atoms with Gasteiger partial charge in [0.2, 0.25) is 10.6 Å². The van der Waals surface area contributed by atoms with E-state index in [9.17, 15) is 0 Å². The molecule has 0 atom stereocenters. The van der Waals surface area contributed by atoms with Crippen molar-refractivity contribution in [3.63, 3.8) is 0 Å². The van der Waals surface area contributed by atoms with Crippen LogP contribution in [0.25, 0.3) is 10.9 Å². The van der Waals surface area contributed by atoms with Crippen LogP contribution in [0.3, 0.4) is 0 Å². The second-order valence-electron chi connectivity index (χ2n) is 3.02. The number of fused-ring (bicyclic) bond motifs is 1. The second-order valence-corrected chi connectivity index (χ2v) is 3.73. The van der Waals surface area contributed by atoms with E-state index >= 15 is 0 Å². The molecule has 1 aromatic heterocycles. The number of rotatable bonds is 1. The van der Waals surface area contributed by atoms with E-state index < -0.39 is 0 Å². The fourth-order valence-corrected chi connectivity index (χ4v) is 1.69. The Balaban J connectivity index is 2.81. The minimum absolute atomic E-state index is 0.549. The maximum absolute atomic E-state index is 5.17. The maximum Gasteiger partial charge on any atom is 0.225 e. The molecule has 0 saturated heterocycles. The summed E-state index contributed by atoms with van der Waals surface area (Å²) in [7, 11) is 1.61. The predicted octanol–water partition coefficient (Wildman–Crippen LogP) is 2.71. The number of aromatic nitrogens is 2. The number of aryl methyl sites for hydroxylation is 1. The molecule has 1 aromatic carbocycles. The number of hydrogen-bond acceptors (Lipinski definition) is 3. The molecule has 14 heavy (non-hydrogen) atoms. The van der Waals surface area contributed by atoms with Gasteiger partial charge in [-0.1, -0.05) is 6.07 Å². The van der Waals surface area contributed by atoms with Gasteiger partial charge in [0.25, 0.3) is 0 Å². The highest BCUT2D eigenvalue weighted by molar-refractivity contribution is 9.10. The topological polar surface area (TPSA) is 35.0 Å². The van der Waals surface area contributed by atoms with Gasteiger partial charge in [-0.2, -0.15) is 4.98 Å². The van der Waals surface area contributed by atoms with Crippen molar-refractivity contribution < 1.29 is 4.74 Å². The highest BCUT2D eigenvalue weighted by Crippen LogP contribution is 2.24. The molecule has 0 N–H and O–H groups in total. The van der Waals surface area contributed by atoms with E-state index in [4.69, 9.17) is 4.74 Å². The average molecular weight is 253 g/mol. The van der Waals surface area contributed by atoms with Crippen LogP contribution in [0.5, 0.6) is 5.88 Å². The Morgan fingerprint density at radius 1 is 1.29 bits per heavy atom. The van der Waals surface area contributed by atoms with Crippen LogP contribution in [-0.2, 0) is 0 Å². The van der Waals surface area contributed by atoms with Crippen molar-refractivity contribution >= 4 is 26.8 Å². The van der Waals surface area contributed by atoms with Crippen molar-refractivity contribution in [2.24, 2.45) is 0 Å². The van der Waals surface area contributed by atoms with Crippen molar-refractivity contribution in [1.29, 1.82) is 0 Å². The van der Waals surface area contributed by atoms with E-state index in [2.05, 4.69) is 25.9 Å². The molecule has 0 fully saturated rings. The second kappa shape index (κ2) is 3.53. The van der Waals surface area contributed by atoms with E-state index in [0.717, 1.165) is 10.9 Å². The lowest BCUT2D eigenvalue weighted by atomic mass is 10.2. The van der Waals surface area contributed by atoms with Gasteiger partial charge in [-0.15, -0.1) is 0 Å². The summed E-state index contributed by atoms with van der Waals surface area (Å²) < 4.78 is 5.72. The summed E-state index contributed by atoms with van der Waals surface area (Å²) in [5.41, 5.74) is 2.06. The van der Waals surface area contributed by atoms with Crippen LogP contribution in [0, 0.1) is 6.92 Å². The SMILES string of the molecule is COc1nc(Br)nc2cc(C)ccc12. The van der Waals surface area contributed by atoms with E-state index in [-0.39, 0.29) is 0 Å². The summed E-state index contributed by atoms with van der Waals surface area (Å²) >= 11 is 3.25. The van der Waals surface area contributed by atoms with Crippen LogP contribution in [0.1, 0.15) is 5.56 Å². The van der Waals surface area contributed by atoms with Crippen molar-refractivity contribution in [2.45, 2.75) is 6.92 Å². The maximum atomic E-state index is 5.17. The normalized spacial score (nSPS) is 10.5. The van der Waals surface area contributed by atoms with Gasteiger partial charge in [0, 0.05) is 0 Å². The lowest BCUT2D eigenvalue weighted by Gasteiger charge is -2.04. The monoisotopic (exact) mass is 252 g/mol. The summed E-state index contributed by atoms with van der Waals surface area (Å²) in [5, 5.41) is 0.932. The molecule has 0 spiro atoms. The number of benzene rings is 1. The molecule has 0 radical (unpaired) electrons. The Hall–Kier alpha value is -1.16. The first kappa shape index (κ1) is 9.40. The van der Waals surface area contributed by atoms with Crippen LogP contribution in [0.2, 0.25) is 0 Å². The minimum Gasteiger partial charge on any atom is -0.480 e. The Morgan fingerprint density at radius 3 is 2.79 bits per heavy atom. The Bertz CT molecular complexity index is 480. The lowest BCUT2D eigenvalue weighted by molar-refractivity contribution is 0.401. The first-order valence-electron chi connectivity index (χ1n) is 4.18. The summed E-state index contributed by atoms with van der Waals surface area (Å²) in [6, 6.07) is 5.99. The third-order valence-corrected chi connectivity index (χ3v) is 2.34. The van der Waals surface area contributed by atoms with Crippen LogP contribution in [-0.4, -0.2) is 17.1 Å². The molecule has 3 nitrogen and oxygen atoms in total. The molecular weight excluding hydrogens is 244 g/mol. The number of methoxy groups -OCH3 is 1. The van der Waals surface area contributed by atoms with E-state index in [1.165, 1.54) is 5.56 Å². The summed E-state index contributed by atoms with van der Waals surface area (Å²) in [5.74, 6) is 0.599. The number of hydrogen-bond donors (Lipinski definition) is 0. The summed E-state index contributed by atoms with van der Waals surface area (Å²) in [4.78, 5) is 8.40. The molecule has 72 valence electrons. The van der Waals surface area contributed by atoms with Crippen molar-refractivity contribution in [3.8, 4) is 5.88 Å². The molecule has 0 bridgehead atoms. The van der Waals surface area contributed by atoms with Crippen molar-refractivity contribution in [1.82, 2.24) is 9.97 Å². The smallest absolute Gasteiger partial charge is 0.225 e. The minimum atomic E-state index is 0.549. The van der Waals surface area contributed by atoms with Crippen LogP contribution in [0.4, 0.5) is 0 Å².